The molecule has 0 N–H and O–H groups in total. The lowest BCUT2D eigenvalue weighted by Gasteiger charge is -2.15. The number of benzene rings is 1. The van der Waals surface area contributed by atoms with Crippen molar-refractivity contribution in [3.05, 3.63) is 35.9 Å². The molecular formula is C11H11Cl3O. The molecule has 1 saturated heterocycles. The zero-order chi connectivity index (χ0) is 10.9. The van der Waals surface area contributed by atoms with Crippen LogP contribution in [0.3, 0.4) is 0 Å². The van der Waals surface area contributed by atoms with Gasteiger partial charge in [0.25, 0.3) is 0 Å². The Morgan fingerprint density at radius 3 is 2.27 bits per heavy atom. The highest BCUT2D eigenvalue weighted by molar-refractivity contribution is 6.67. The summed E-state index contributed by atoms with van der Waals surface area (Å²) in [5.41, 5.74) is 0.963. The van der Waals surface area contributed by atoms with E-state index in [0.29, 0.717) is 6.42 Å². The summed E-state index contributed by atoms with van der Waals surface area (Å²) >= 11 is 17.2. The van der Waals surface area contributed by atoms with E-state index >= 15 is 0 Å². The van der Waals surface area contributed by atoms with Crippen molar-refractivity contribution in [2.75, 3.05) is 6.61 Å². The Morgan fingerprint density at radius 2 is 1.80 bits per heavy atom. The summed E-state index contributed by atoms with van der Waals surface area (Å²) in [6, 6.07) is 10.1. The van der Waals surface area contributed by atoms with Gasteiger partial charge in [-0.05, 0) is 18.4 Å². The maximum atomic E-state index is 5.73. The second-order valence-electron chi connectivity index (χ2n) is 3.76. The summed E-state index contributed by atoms with van der Waals surface area (Å²) < 4.78 is 4.31. The van der Waals surface area contributed by atoms with Crippen molar-refractivity contribution in [3.63, 3.8) is 0 Å². The van der Waals surface area contributed by atoms with Crippen molar-refractivity contribution in [2.24, 2.45) is 0 Å². The molecule has 1 aliphatic heterocycles. The molecule has 4 heteroatoms. The van der Waals surface area contributed by atoms with Gasteiger partial charge < -0.3 is 4.74 Å². The first-order chi connectivity index (χ1) is 7.02. The minimum atomic E-state index is -1.19. The summed E-state index contributed by atoms with van der Waals surface area (Å²) in [5.74, 6) is 0. The summed E-state index contributed by atoms with van der Waals surface area (Å²) in [4.78, 5) is 0. The molecule has 1 fully saturated rings. The molecule has 15 heavy (non-hydrogen) atoms. The fourth-order valence-electron chi connectivity index (χ4n) is 1.63. The number of rotatable bonds is 3. The second kappa shape index (κ2) is 4.14. The Morgan fingerprint density at radius 1 is 1.20 bits per heavy atom. The molecule has 0 spiro atoms. The molecule has 0 bridgehead atoms. The number of alkyl halides is 3. The molecule has 1 unspecified atom stereocenters. The number of ether oxygens (including phenoxy) is 1. The predicted octanol–water partition coefficient (Wildman–Crippen LogP) is 4.06. The summed E-state index contributed by atoms with van der Waals surface area (Å²) in [7, 11) is 0. The van der Waals surface area contributed by atoms with E-state index in [0.717, 1.165) is 13.0 Å². The fraction of sp³-hybridized carbons (Fsp3) is 0.455. The van der Waals surface area contributed by atoms with Crippen LogP contribution < -0.4 is 0 Å². The van der Waals surface area contributed by atoms with Gasteiger partial charge in [0.1, 0.15) is 5.60 Å². The van der Waals surface area contributed by atoms with E-state index in [1.807, 2.05) is 30.3 Å². The van der Waals surface area contributed by atoms with Gasteiger partial charge in [-0.1, -0.05) is 65.1 Å². The zero-order valence-electron chi connectivity index (χ0n) is 8.05. The number of hydrogen-bond acceptors (Lipinski definition) is 1. The third-order valence-electron chi connectivity index (χ3n) is 2.60. The normalized spacial score (nSPS) is 25.3. The minimum Gasteiger partial charge on any atom is -0.365 e. The molecule has 1 aliphatic rings. The minimum absolute atomic E-state index is 0.203. The molecule has 0 aromatic heterocycles. The van der Waals surface area contributed by atoms with Gasteiger partial charge in [0, 0.05) is 0 Å². The van der Waals surface area contributed by atoms with Crippen molar-refractivity contribution in [2.45, 2.75) is 22.2 Å². The van der Waals surface area contributed by atoms with E-state index in [2.05, 4.69) is 0 Å². The van der Waals surface area contributed by atoms with Crippen LogP contribution in [0, 0.1) is 0 Å². The number of halogens is 3. The van der Waals surface area contributed by atoms with E-state index in [9.17, 15) is 0 Å². The molecule has 82 valence electrons. The highest BCUT2D eigenvalue weighted by Crippen LogP contribution is 2.46. The van der Waals surface area contributed by atoms with E-state index in [1.54, 1.807) is 0 Å². The van der Waals surface area contributed by atoms with Crippen molar-refractivity contribution in [1.82, 2.24) is 0 Å². The molecule has 0 radical (unpaired) electrons. The molecule has 2 rings (SSSR count). The van der Waals surface area contributed by atoms with Gasteiger partial charge in [-0.3, -0.25) is 0 Å². The first kappa shape index (κ1) is 11.5. The lowest BCUT2D eigenvalue weighted by molar-refractivity contribution is 0.289. The van der Waals surface area contributed by atoms with Crippen LogP contribution in [0.1, 0.15) is 18.4 Å². The zero-order valence-corrected chi connectivity index (χ0v) is 10.3. The van der Waals surface area contributed by atoms with Crippen molar-refractivity contribution in [3.8, 4) is 0 Å². The monoisotopic (exact) mass is 264 g/mol. The number of epoxide rings is 1. The summed E-state index contributed by atoms with van der Waals surface area (Å²) in [6.07, 6.45) is 1.25. The van der Waals surface area contributed by atoms with Crippen LogP contribution in [-0.4, -0.2) is 10.4 Å². The van der Waals surface area contributed by atoms with Crippen molar-refractivity contribution >= 4 is 34.8 Å². The van der Waals surface area contributed by atoms with Crippen LogP contribution in [0.4, 0.5) is 0 Å². The van der Waals surface area contributed by atoms with Crippen molar-refractivity contribution in [1.29, 1.82) is 0 Å². The molecule has 1 aromatic carbocycles. The van der Waals surface area contributed by atoms with Gasteiger partial charge >= 0.3 is 0 Å². The predicted molar refractivity (Wildman–Crippen MR) is 63.6 cm³/mol. The average molecular weight is 266 g/mol. The quantitative estimate of drug-likeness (QED) is 0.593. The maximum absolute atomic E-state index is 5.73. The van der Waals surface area contributed by atoms with E-state index < -0.39 is 3.79 Å². The first-order valence-electron chi connectivity index (χ1n) is 4.78. The van der Waals surface area contributed by atoms with Gasteiger partial charge in [0.05, 0.1) is 6.61 Å². The molecule has 1 nitrogen and oxygen atoms in total. The van der Waals surface area contributed by atoms with Gasteiger partial charge in [-0.2, -0.15) is 0 Å². The van der Waals surface area contributed by atoms with Crippen LogP contribution in [0.2, 0.25) is 0 Å². The van der Waals surface area contributed by atoms with Crippen molar-refractivity contribution < 1.29 is 4.74 Å². The molecule has 1 heterocycles. The fourth-order valence-corrected chi connectivity index (χ4v) is 1.91. The van der Waals surface area contributed by atoms with Crippen LogP contribution in [0.5, 0.6) is 0 Å². The lowest BCUT2D eigenvalue weighted by atomic mass is 9.95. The van der Waals surface area contributed by atoms with Crippen LogP contribution >= 0.6 is 34.8 Å². The largest absolute Gasteiger partial charge is 0.365 e. The van der Waals surface area contributed by atoms with E-state index in [-0.39, 0.29) is 5.60 Å². The second-order valence-corrected chi connectivity index (χ2v) is 6.28. The first-order valence-corrected chi connectivity index (χ1v) is 5.91. The van der Waals surface area contributed by atoms with E-state index in [4.69, 9.17) is 39.5 Å². The third-order valence-corrected chi connectivity index (χ3v) is 3.17. The Hall–Kier alpha value is 0.0500. The van der Waals surface area contributed by atoms with Gasteiger partial charge in [-0.15, -0.1) is 0 Å². The maximum Gasteiger partial charge on any atom is 0.190 e. The van der Waals surface area contributed by atoms with Gasteiger partial charge in [-0.25, -0.2) is 0 Å². The van der Waals surface area contributed by atoms with Crippen LogP contribution in [-0.2, 0) is 10.3 Å². The van der Waals surface area contributed by atoms with Crippen LogP contribution in [0.25, 0.3) is 0 Å². The molecule has 0 saturated carbocycles. The molecule has 0 aliphatic carbocycles. The third kappa shape index (κ3) is 3.01. The Kier molecular flexibility index (Phi) is 3.18. The molecule has 1 aromatic rings. The Labute approximate surface area is 104 Å². The van der Waals surface area contributed by atoms with E-state index in [1.165, 1.54) is 5.56 Å². The summed E-state index contributed by atoms with van der Waals surface area (Å²) in [5, 5.41) is 0. The van der Waals surface area contributed by atoms with Crippen LogP contribution in [0.15, 0.2) is 30.3 Å². The Bertz CT molecular complexity index is 327. The highest BCUT2D eigenvalue weighted by atomic mass is 35.6. The SMILES string of the molecule is ClC(Cl)(Cl)CCC1(c2ccccc2)CO1. The summed E-state index contributed by atoms with van der Waals surface area (Å²) in [6.45, 7) is 0.720. The number of hydrogen-bond donors (Lipinski definition) is 0. The standard InChI is InChI=1S/C11H11Cl3O/c12-11(13,14)7-6-10(8-15-10)9-4-2-1-3-5-9/h1-5H,6-8H2. The topological polar surface area (TPSA) is 12.5 Å². The van der Waals surface area contributed by atoms with Gasteiger partial charge in [0.2, 0.25) is 0 Å². The lowest BCUT2D eigenvalue weighted by Crippen LogP contribution is -2.13. The highest BCUT2D eigenvalue weighted by Gasteiger charge is 2.47. The molecule has 1 atom stereocenters. The Balaban J connectivity index is 2.03. The smallest absolute Gasteiger partial charge is 0.190 e. The molecule has 0 amide bonds. The molecular weight excluding hydrogens is 254 g/mol. The van der Waals surface area contributed by atoms with Gasteiger partial charge in [0.15, 0.2) is 3.79 Å². The average Bonchev–Trinajstić information content (AvgIpc) is 2.96.